The Hall–Kier alpha value is -0.120. The van der Waals surface area contributed by atoms with E-state index in [2.05, 4.69) is 22.0 Å². The van der Waals surface area contributed by atoms with E-state index in [4.69, 9.17) is 0 Å². The Bertz CT molecular complexity index is 252. The molecular weight excluding hydrogens is 210 g/mol. The van der Waals surface area contributed by atoms with Crippen LogP contribution >= 0.6 is 0 Å². The molecule has 1 aliphatic carbocycles. The van der Waals surface area contributed by atoms with Crippen LogP contribution in [0.3, 0.4) is 0 Å². The molecule has 2 aliphatic heterocycles. The van der Waals surface area contributed by atoms with Crippen LogP contribution in [0.2, 0.25) is 0 Å². The molecule has 0 aromatic rings. The smallest absolute Gasteiger partial charge is 0.0224 e. The van der Waals surface area contributed by atoms with Crippen molar-refractivity contribution in [3.05, 3.63) is 0 Å². The Morgan fingerprint density at radius 3 is 2.88 bits per heavy atom. The summed E-state index contributed by atoms with van der Waals surface area (Å²) in [4.78, 5) is 5.44. The molecule has 2 heterocycles. The third kappa shape index (κ3) is 3.01. The van der Waals surface area contributed by atoms with Gasteiger partial charge in [0.05, 0.1) is 0 Å². The monoisotopic (exact) mass is 237 g/mol. The number of fused-ring (bicyclic) bond motifs is 1. The maximum Gasteiger partial charge on any atom is 0.0224 e. The molecule has 2 unspecified atom stereocenters. The predicted octanol–water partition coefficient (Wildman–Crippen LogP) is 1.30. The van der Waals surface area contributed by atoms with Crippen molar-refractivity contribution in [1.29, 1.82) is 0 Å². The maximum absolute atomic E-state index is 3.62. The van der Waals surface area contributed by atoms with Crippen molar-refractivity contribution in [3.63, 3.8) is 0 Å². The second-order valence-corrected chi connectivity index (χ2v) is 6.22. The highest BCUT2D eigenvalue weighted by Gasteiger charge is 2.33. The number of piperazine rings is 1. The summed E-state index contributed by atoms with van der Waals surface area (Å²) in [6.45, 7) is 8.91. The molecule has 1 N–H and O–H groups in total. The average Bonchev–Trinajstić information content (AvgIpc) is 3.03. The summed E-state index contributed by atoms with van der Waals surface area (Å²) in [5.74, 6) is 0. The Balaban J connectivity index is 1.39. The van der Waals surface area contributed by atoms with E-state index in [1.165, 1.54) is 64.8 Å². The minimum atomic E-state index is 0.769. The van der Waals surface area contributed by atoms with Gasteiger partial charge in [0.15, 0.2) is 0 Å². The molecule has 1 saturated carbocycles. The number of hydrogen-bond acceptors (Lipinski definition) is 3. The summed E-state index contributed by atoms with van der Waals surface area (Å²) in [6.07, 6.45) is 7.01. The first kappa shape index (κ1) is 11.9. The van der Waals surface area contributed by atoms with Crippen LogP contribution in [0.25, 0.3) is 0 Å². The van der Waals surface area contributed by atoms with E-state index >= 15 is 0 Å². The molecule has 0 amide bonds. The van der Waals surface area contributed by atoms with Gasteiger partial charge in [-0.1, -0.05) is 0 Å². The number of hydrogen-bond donors (Lipinski definition) is 1. The quantitative estimate of drug-likeness (QED) is 0.727. The van der Waals surface area contributed by atoms with Crippen LogP contribution in [0.15, 0.2) is 0 Å². The van der Waals surface area contributed by atoms with Crippen LogP contribution in [-0.4, -0.2) is 60.6 Å². The lowest BCUT2D eigenvalue weighted by molar-refractivity contribution is 0.0588. The summed E-state index contributed by atoms with van der Waals surface area (Å²) in [5, 5.41) is 3.62. The highest BCUT2D eigenvalue weighted by Crippen LogP contribution is 2.24. The van der Waals surface area contributed by atoms with Gasteiger partial charge in [0.2, 0.25) is 0 Å². The van der Waals surface area contributed by atoms with E-state index in [-0.39, 0.29) is 0 Å². The molecule has 0 aromatic carbocycles. The van der Waals surface area contributed by atoms with Crippen molar-refractivity contribution < 1.29 is 0 Å². The molecule has 0 bridgehead atoms. The predicted molar refractivity (Wildman–Crippen MR) is 71.3 cm³/mol. The average molecular weight is 237 g/mol. The van der Waals surface area contributed by atoms with Crippen molar-refractivity contribution in [3.8, 4) is 0 Å². The zero-order valence-electron chi connectivity index (χ0n) is 11.2. The van der Waals surface area contributed by atoms with Gasteiger partial charge in [0.1, 0.15) is 0 Å². The molecule has 98 valence electrons. The van der Waals surface area contributed by atoms with Crippen LogP contribution in [0.5, 0.6) is 0 Å². The molecule has 3 heteroatoms. The Morgan fingerprint density at radius 2 is 2.06 bits per heavy atom. The molecule has 0 spiro atoms. The second-order valence-electron chi connectivity index (χ2n) is 6.22. The van der Waals surface area contributed by atoms with Gasteiger partial charge < -0.3 is 5.32 Å². The zero-order chi connectivity index (χ0) is 11.7. The molecule has 2 atom stereocenters. The molecule has 3 aliphatic rings. The fourth-order valence-electron chi connectivity index (χ4n) is 3.44. The summed E-state index contributed by atoms with van der Waals surface area (Å²) in [6, 6.07) is 2.52. The van der Waals surface area contributed by atoms with Gasteiger partial charge >= 0.3 is 0 Å². The van der Waals surface area contributed by atoms with Crippen LogP contribution in [-0.2, 0) is 0 Å². The van der Waals surface area contributed by atoms with E-state index < -0.39 is 0 Å². The fourth-order valence-corrected chi connectivity index (χ4v) is 3.44. The SMILES string of the molecule is CC1CN2CCCC2CN1CCCNC1CC1. The maximum atomic E-state index is 3.62. The fraction of sp³-hybridized carbons (Fsp3) is 1.00. The van der Waals surface area contributed by atoms with Crippen molar-refractivity contribution in [2.75, 3.05) is 32.7 Å². The standard InChI is InChI=1S/C14H27N3/c1-12-10-17-8-2-4-14(17)11-16(12)9-3-7-15-13-5-6-13/h12-15H,2-11H2,1H3. The van der Waals surface area contributed by atoms with E-state index in [1.807, 2.05) is 0 Å². The first-order chi connectivity index (χ1) is 8.33. The number of nitrogens with zero attached hydrogens (tertiary/aromatic N) is 2. The Morgan fingerprint density at radius 1 is 1.18 bits per heavy atom. The van der Waals surface area contributed by atoms with Gasteiger partial charge in [-0.25, -0.2) is 0 Å². The third-order valence-electron chi connectivity index (χ3n) is 4.70. The van der Waals surface area contributed by atoms with E-state index in [9.17, 15) is 0 Å². The van der Waals surface area contributed by atoms with Crippen molar-refractivity contribution in [2.45, 2.75) is 57.2 Å². The normalized spacial score (nSPS) is 35.1. The van der Waals surface area contributed by atoms with E-state index in [0.717, 1.165) is 18.1 Å². The lowest BCUT2D eigenvalue weighted by Crippen LogP contribution is -2.55. The largest absolute Gasteiger partial charge is 0.314 e. The van der Waals surface area contributed by atoms with Gasteiger partial charge in [0, 0.05) is 31.2 Å². The summed E-state index contributed by atoms with van der Waals surface area (Å²) < 4.78 is 0. The first-order valence-corrected chi connectivity index (χ1v) is 7.54. The van der Waals surface area contributed by atoms with Crippen molar-refractivity contribution in [1.82, 2.24) is 15.1 Å². The molecule has 0 aromatic heterocycles. The van der Waals surface area contributed by atoms with Gasteiger partial charge in [-0.2, -0.15) is 0 Å². The zero-order valence-corrected chi connectivity index (χ0v) is 11.2. The van der Waals surface area contributed by atoms with E-state index in [0.29, 0.717) is 0 Å². The number of rotatable bonds is 5. The summed E-state index contributed by atoms with van der Waals surface area (Å²) >= 11 is 0. The van der Waals surface area contributed by atoms with Gasteiger partial charge in [-0.3, -0.25) is 9.80 Å². The number of nitrogens with one attached hydrogen (secondary N) is 1. The Kier molecular flexibility index (Phi) is 3.69. The Labute approximate surface area is 106 Å². The van der Waals surface area contributed by atoms with Crippen LogP contribution in [0.1, 0.15) is 39.0 Å². The minimum absolute atomic E-state index is 0.769. The topological polar surface area (TPSA) is 18.5 Å². The molecule has 2 saturated heterocycles. The second kappa shape index (κ2) is 5.25. The molecule has 17 heavy (non-hydrogen) atoms. The molecule has 0 radical (unpaired) electrons. The van der Waals surface area contributed by atoms with Gasteiger partial charge in [-0.15, -0.1) is 0 Å². The first-order valence-electron chi connectivity index (χ1n) is 7.54. The van der Waals surface area contributed by atoms with Gasteiger partial charge in [-0.05, 0) is 58.7 Å². The van der Waals surface area contributed by atoms with Crippen LogP contribution in [0.4, 0.5) is 0 Å². The van der Waals surface area contributed by atoms with Crippen molar-refractivity contribution in [2.24, 2.45) is 0 Å². The molecule has 3 fully saturated rings. The summed E-state index contributed by atoms with van der Waals surface area (Å²) in [5.41, 5.74) is 0. The van der Waals surface area contributed by atoms with Crippen LogP contribution < -0.4 is 5.32 Å². The highest BCUT2D eigenvalue weighted by molar-refractivity contribution is 4.90. The van der Waals surface area contributed by atoms with E-state index in [1.54, 1.807) is 0 Å². The van der Waals surface area contributed by atoms with Crippen LogP contribution in [0, 0.1) is 0 Å². The molecule has 3 rings (SSSR count). The highest BCUT2D eigenvalue weighted by atomic mass is 15.3. The van der Waals surface area contributed by atoms with Crippen molar-refractivity contribution >= 4 is 0 Å². The molecular formula is C14H27N3. The lowest BCUT2D eigenvalue weighted by Gasteiger charge is -2.42. The lowest BCUT2D eigenvalue weighted by atomic mass is 10.1. The van der Waals surface area contributed by atoms with Gasteiger partial charge in [0.25, 0.3) is 0 Å². The minimum Gasteiger partial charge on any atom is -0.314 e. The summed E-state index contributed by atoms with van der Waals surface area (Å²) in [7, 11) is 0. The molecule has 3 nitrogen and oxygen atoms in total. The third-order valence-corrected chi connectivity index (χ3v) is 4.70.